The second-order valence-electron chi connectivity index (χ2n) is 5.24. The Bertz CT molecular complexity index is 928. The van der Waals surface area contributed by atoms with E-state index in [0.29, 0.717) is 11.0 Å². The van der Waals surface area contributed by atoms with Crippen LogP contribution >= 0.6 is 0 Å². The van der Waals surface area contributed by atoms with Gasteiger partial charge in [0.25, 0.3) is 5.91 Å². The monoisotopic (exact) mass is 332 g/mol. The molecule has 1 amide bonds. The fourth-order valence-corrected chi connectivity index (χ4v) is 2.47. The Hall–Kier alpha value is -3.03. The van der Waals surface area contributed by atoms with Crippen molar-refractivity contribution in [3.8, 4) is 0 Å². The van der Waals surface area contributed by atoms with E-state index in [2.05, 4.69) is 15.3 Å². The number of nitrogens with zero attached hydrogens (tertiary/aromatic N) is 2. The molecule has 124 valence electrons. The molecule has 0 bridgehead atoms. The van der Waals surface area contributed by atoms with Crippen LogP contribution in [0.5, 0.6) is 0 Å². The molecule has 1 atom stereocenters. The lowest BCUT2D eigenvalue weighted by Gasteiger charge is -2.15. The van der Waals surface area contributed by atoms with Crippen LogP contribution in [-0.2, 0) is 0 Å². The molecular weight excluding hydrogens is 318 g/mol. The van der Waals surface area contributed by atoms with Gasteiger partial charge in [-0.25, -0.2) is 4.98 Å². The maximum absolute atomic E-state index is 13.4. The van der Waals surface area contributed by atoms with Crippen LogP contribution in [0.2, 0.25) is 0 Å². The number of halogens is 2. The first-order chi connectivity index (χ1) is 11.5. The van der Waals surface area contributed by atoms with Crippen molar-refractivity contribution in [1.82, 2.24) is 19.9 Å². The van der Waals surface area contributed by atoms with E-state index in [9.17, 15) is 18.4 Å². The number of benzene rings is 1. The summed E-state index contributed by atoms with van der Waals surface area (Å²) in [5.41, 5.74) is 0.617. The second-order valence-corrected chi connectivity index (χ2v) is 5.24. The number of amides is 1. The average Bonchev–Trinajstić information content (AvgIpc) is 2.95. The standard InChI is InChI=1S/C16H14F2N4O2/c1-9(20-15(24)10-6-7-13(23)19-8-10)14-21-11-4-2-3-5-12(11)22(14)16(17)18/h2-9,16H,1H3,(H,19,23)(H,20,24)/t9-/m1/s1. The van der Waals surface area contributed by atoms with Gasteiger partial charge in [0.2, 0.25) is 5.56 Å². The molecule has 0 spiro atoms. The predicted molar refractivity (Wildman–Crippen MR) is 83.9 cm³/mol. The molecule has 0 saturated carbocycles. The van der Waals surface area contributed by atoms with E-state index in [0.717, 1.165) is 4.57 Å². The van der Waals surface area contributed by atoms with E-state index < -0.39 is 18.5 Å². The maximum Gasteiger partial charge on any atom is 0.320 e. The van der Waals surface area contributed by atoms with Gasteiger partial charge in [-0.2, -0.15) is 8.78 Å². The lowest BCUT2D eigenvalue weighted by Crippen LogP contribution is -2.29. The molecule has 6 nitrogen and oxygen atoms in total. The highest BCUT2D eigenvalue weighted by Crippen LogP contribution is 2.26. The van der Waals surface area contributed by atoms with Crippen molar-refractivity contribution < 1.29 is 13.6 Å². The molecule has 3 aromatic rings. The normalized spacial score (nSPS) is 12.5. The highest BCUT2D eigenvalue weighted by Gasteiger charge is 2.23. The summed E-state index contributed by atoms with van der Waals surface area (Å²) in [6.07, 6.45) is 1.26. The molecule has 0 saturated heterocycles. The van der Waals surface area contributed by atoms with Crippen LogP contribution in [0.4, 0.5) is 8.78 Å². The van der Waals surface area contributed by atoms with Crippen molar-refractivity contribution >= 4 is 16.9 Å². The van der Waals surface area contributed by atoms with Gasteiger partial charge >= 0.3 is 6.55 Å². The molecule has 8 heteroatoms. The zero-order valence-corrected chi connectivity index (χ0v) is 12.7. The zero-order chi connectivity index (χ0) is 17.3. The van der Waals surface area contributed by atoms with Crippen LogP contribution in [0.1, 0.15) is 35.7 Å². The first-order valence-corrected chi connectivity index (χ1v) is 7.22. The molecule has 0 fully saturated rings. The van der Waals surface area contributed by atoms with Gasteiger partial charge in [-0.3, -0.25) is 14.2 Å². The number of aromatic amines is 1. The van der Waals surface area contributed by atoms with Gasteiger partial charge in [-0.15, -0.1) is 0 Å². The summed E-state index contributed by atoms with van der Waals surface area (Å²) in [7, 11) is 0. The van der Waals surface area contributed by atoms with Gasteiger partial charge < -0.3 is 10.3 Å². The fraction of sp³-hybridized carbons (Fsp3) is 0.188. The molecule has 1 aromatic carbocycles. The van der Waals surface area contributed by atoms with Crippen molar-refractivity contribution in [3.05, 3.63) is 64.3 Å². The van der Waals surface area contributed by atoms with Crippen LogP contribution in [0, 0.1) is 0 Å². The number of nitrogens with one attached hydrogen (secondary N) is 2. The Labute approximate surface area is 135 Å². The minimum atomic E-state index is -2.78. The van der Waals surface area contributed by atoms with Crippen LogP contribution < -0.4 is 10.9 Å². The number of fused-ring (bicyclic) bond motifs is 1. The number of rotatable bonds is 4. The molecule has 24 heavy (non-hydrogen) atoms. The molecule has 0 aliphatic heterocycles. The van der Waals surface area contributed by atoms with Crippen LogP contribution in [0.3, 0.4) is 0 Å². The summed E-state index contributed by atoms with van der Waals surface area (Å²) in [6, 6.07) is 8.37. The van der Waals surface area contributed by atoms with Crippen LogP contribution in [0.15, 0.2) is 47.4 Å². The molecular formula is C16H14F2N4O2. The molecule has 2 N–H and O–H groups in total. The summed E-state index contributed by atoms with van der Waals surface area (Å²) in [6.45, 7) is -1.20. The van der Waals surface area contributed by atoms with Gasteiger partial charge in [0, 0.05) is 12.3 Å². The first-order valence-electron chi connectivity index (χ1n) is 7.22. The number of para-hydroxylation sites is 2. The van der Waals surface area contributed by atoms with Gasteiger partial charge in [-0.1, -0.05) is 12.1 Å². The van der Waals surface area contributed by atoms with Gasteiger partial charge in [-0.05, 0) is 25.1 Å². The van der Waals surface area contributed by atoms with Crippen molar-refractivity contribution in [2.75, 3.05) is 0 Å². The quantitative estimate of drug-likeness (QED) is 0.771. The zero-order valence-electron chi connectivity index (χ0n) is 12.7. The number of carbonyl (C=O) groups excluding carboxylic acids is 1. The number of aromatic nitrogens is 3. The average molecular weight is 332 g/mol. The number of carbonyl (C=O) groups is 1. The Kier molecular flexibility index (Phi) is 4.11. The molecule has 3 rings (SSSR count). The van der Waals surface area contributed by atoms with Gasteiger partial charge in [0.05, 0.1) is 22.6 Å². The van der Waals surface area contributed by atoms with E-state index in [1.807, 2.05) is 0 Å². The lowest BCUT2D eigenvalue weighted by atomic mass is 10.2. The molecule has 0 aliphatic rings. The summed E-state index contributed by atoms with van der Waals surface area (Å²) >= 11 is 0. The van der Waals surface area contributed by atoms with Gasteiger partial charge in [0.1, 0.15) is 5.82 Å². The van der Waals surface area contributed by atoms with E-state index >= 15 is 0 Å². The highest BCUT2D eigenvalue weighted by atomic mass is 19.3. The van der Waals surface area contributed by atoms with Crippen molar-refractivity contribution in [2.45, 2.75) is 19.5 Å². The minimum absolute atomic E-state index is 0.0592. The van der Waals surface area contributed by atoms with E-state index in [1.165, 1.54) is 18.3 Å². The SMILES string of the molecule is C[C@@H](NC(=O)c1ccc(=O)[nH]c1)c1nc2ccccc2n1C(F)F. The smallest absolute Gasteiger partial charge is 0.320 e. The number of pyridine rings is 1. The van der Waals surface area contributed by atoms with Crippen molar-refractivity contribution in [2.24, 2.45) is 0 Å². The topological polar surface area (TPSA) is 79.8 Å². The third-order valence-corrected chi connectivity index (χ3v) is 3.60. The Morgan fingerprint density at radius 3 is 2.67 bits per heavy atom. The maximum atomic E-state index is 13.4. The number of hydrogen-bond donors (Lipinski definition) is 2. The summed E-state index contributed by atoms with van der Waals surface area (Å²) in [5.74, 6) is -0.435. The summed E-state index contributed by atoms with van der Waals surface area (Å²) in [5, 5.41) is 2.61. The molecule has 2 aromatic heterocycles. The molecule has 0 aliphatic carbocycles. The predicted octanol–water partition coefficient (Wildman–Crippen LogP) is 2.61. The Balaban J connectivity index is 1.92. The molecule has 0 unspecified atom stereocenters. The third-order valence-electron chi connectivity index (χ3n) is 3.60. The number of imidazole rings is 1. The third kappa shape index (κ3) is 2.90. The molecule has 0 radical (unpaired) electrons. The Morgan fingerprint density at radius 2 is 2.00 bits per heavy atom. The van der Waals surface area contributed by atoms with E-state index in [1.54, 1.807) is 31.2 Å². The highest BCUT2D eigenvalue weighted by molar-refractivity contribution is 5.94. The van der Waals surface area contributed by atoms with Crippen molar-refractivity contribution in [1.29, 1.82) is 0 Å². The first kappa shape index (κ1) is 15.9. The van der Waals surface area contributed by atoms with Gasteiger partial charge in [0.15, 0.2) is 0 Å². The number of alkyl halides is 2. The fourth-order valence-electron chi connectivity index (χ4n) is 2.47. The molecule has 2 heterocycles. The Morgan fingerprint density at radius 1 is 1.25 bits per heavy atom. The number of hydrogen-bond acceptors (Lipinski definition) is 3. The summed E-state index contributed by atoms with van der Waals surface area (Å²) in [4.78, 5) is 29.8. The minimum Gasteiger partial charge on any atom is -0.342 e. The largest absolute Gasteiger partial charge is 0.342 e. The van der Waals surface area contributed by atoms with Crippen molar-refractivity contribution in [3.63, 3.8) is 0 Å². The lowest BCUT2D eigenvalue weighted by molar-refractivity contribution is 0.0688. The van der Waals surface area contributed by atoms with Crippen LogP contribution in [-0.4, -0.2) is 20.4 Å². The summed E-state index contributed by atoms with van der Waals surface area (Å²) < 4.78 is 27.7. The van der Waals surface area contributed by atoms with E-state index in [-0.39, 0.29) is 16.9 Å². The van der Waals surface area contributed by atoms with Crippen LogP contribution in [0.25, 0.3) is 11.0 Å². The second kappa shape index (κ2) is 6.23. The number of H-pyrrole nitrogens is 1. The van der Waals surface area contributed by atoms with E-state index in [4.69, 9.17) is 0 Å².